The van der Waals surface area contributed by atoms with Crippen molar-refractivity contribution in [3.63, 3.8) is 0 Å². The highest BCUT2D eigenvalue weighted by Crippen LogP contribution is 2.21. The van der Waals surface area contributed by atoms with Crippen molar-refractivity contribution < 1.29 is 9.53 Å². The molecule has 1 atom stereocenters. The maximum absolute atomic E-state index is 11.9. The van der Waals surface area contributed by atoms with Gasteiger partial charge in [0.1, 0.15) is 0 Å². The number of morpholine rings is 1. The molecule has 1 aromatic rings. The first-order valence-corrected chi connectivity index (χ1v) is 7.63. The van der Waals surface area contributed by atoms with Gasteiger partial charge in [0.15, 0.2) is 0 Å². The van der Waals surface area contributed by atoms with Gasteiger partial charge >= 0.3 is 6.03 Å². The average molecular weight is 312 g/mol. The molecule has 5 nitrogen and oxygen atoms in total. The van der Waals surface area contributed by atoms with E-state index >= 15 is 0 Å². The molecule has 0 aliphatic carbocycles. The monoisotopic (exact) mass is 311 g/mol. The molecular formula is C15H22ClN3O2. The zero-order chi connectivity index (χ0) is 15.1. The molecule has 2 rings (SSSR count). The number of ether oxygens (including phenoxy) is 1. The number of hydrogen-bond donors (Lipinski definition) is 2. The number of nitrogens with one attached hydrogen (secondary N) is 2. The molecule has 0 radical (unpaired) electrons. The molecule has 1 fully saturated rings. The summed E-state index contributed by atoms with van der Waals surface area (Å²) in [5.41, 5.74) is 0.919. The molecule has 21 heavy (non-hydrogen) atoms. The van der Waals surface area contributed by atoms with Crippen LogP contribution in [-0.4, -0.2) is 50.3 Å². The molecule has 6 heteroatoms. The molecule has 116 valence electrons. The number of carbonyl (C=O) groups excluding carboxylic acids is 1. The van der Waals surface area contributed by atoms with Gasteiger partial charge in [0, 0.05) is 31.2 Å². The molecule has 0 aromatic heterocycles. The SMILES string of the molecule is CC(NC(=O)NCCN1CCOCC1)c1ccccc1Cl. The summed E-state index contributed by atoms with van der Waals surface area (Å²) in [7, 11) is 0. The van der Waals surface area contributed by atoms with Crippen molar-refractivity contribution in [2.75, 3.05) is 39.4 Å². The fourth-order valence-corrected chi connectivity index (χ4v) is 2.60. The first-order valence-electron chi connectivity index (χ1n) is 7.25. The number of halogens is 1. The van der Waals surface area contributed by atoms with Gasteiger partial charge in [0.05, 0.1) is 19.3 Å². The molecule has 1 heterocycles. The lowest BCUT2D eigenvalue weighted by molar-refractivity contribution is 0.0387. The summed E-state index contributed by atoms with van der Waals surface area (Å²) in [4.78, 5) is 14.2. The largest absolute Gasteiger partial charge is 0.379 e. The third-order valence-electron chi connectivity index (χ3n) is 3.54. The Bertz CT molecular complexity index is 464. The lowest BCUT2D eigenvalue weighted by atomic mass is 10.1. The third-order valence-corrected chi connectivity index (χ3v) is 3.88. The van der Waals surface area contributed by atoms with Crippen LogP contribution in [0.3, 0.4) is 0 Å². The van der Waals surface area contributed by atoms with Crippen LogP contribution in [0.25, 0.3) is 0 Å². The van der Waals surface area contributed by atoms with E-state index in [2.05, 4.69) is 15.5 Å². The van der Waals surface area contributed by atoms with Crippen LogP contribution < -0.4 is 10.6 Å². The van der Waals surface area contributed by atoms with Crippen molar-refractivity contribution in [1.29, 1.82) is 0 Å². The van der Waals surface area contributed by atoms with Crippen LogP contribution in [0.1, 0.15) is 18.5 Å². The molecule has 0 spiro atoms. The van der Waals surface area contributed by atoms with Gasteiger partial charge in [-0.05, 0) is 18.6 Å². The molecule has 1 aromatic carbocycles. The molecule has 2 amide bonds. The normalized spacial score (nSPS) is 17.2. The number of carbonyl (C=O) groups is 1. The van der Waals surface area contributed by atoms with Crippen molar-refractivity contribution in [1.82, 2.24) is 15.5 Å². The van der Waals surface area contributed by atoms with Gasteiger partial charge in [-0.25, -0.2) is 4.79 Å². The lowest BCUT2D eigenvalue weighted by Gasteiger charge is -2.26. The van der Waals surface area contributed by atoms with Gasteiger partial charge in [0.2, 0.25) is 0 Å². The van der Waals surface area contributed by atoms with E-state index in [1.165, 1.54) is 0 Å². The Morgan fingerprint density at radius 1 is 1.38 bits per heavy atom. The van der Waals surface area contributed by atoms with E-state index in [0.717, 1.165) is 38.4 Å². The summed E-state index contributed by atoms with van der Waals surface area (Å²) in [6, 6.07) is 7.24. The number of rotatable bonds is 5. The lowest BCUT2D eigenvalue weighted by Crippen LogP contribution is -2.44. The average Bonchev–Trinajstić information content (AvgIpc) is 2.48. The van der Waals surface area contributed by atoms with E-state index in [1.807, 2.05) is 31.2 Å². The Hall–Kier alpha value is -1.30. The number of hydrogen-bond acceptors (Lipinski definition) is 3. The van der Waals surface area contributed by atoms with Crippen molar-refractivity contribution in [3.8, 4) is 0 Å². The molecule has 1 aliphatic heterocycles. The molecule has 1 aliphatic rings. The van der Waals surface area contributed by atoms with Crippen LogP contribution in [0.15, 0.2) is 24.3 Å². The van der Waals surface area contributed by atoms with Crippen LogP contribution in [0.2, 0.25) is 5.02 Å². The van der Waals surface area contributed by atoms with Crippen LogP contribution in [0, 0.1) is 0 Å². The summed E-state index contributed by atoms with van der Waals surface area (Å²) < 4.78 is 5.29. The first kappa shape index (κ1) is 16.1. The van der Waals surface area contributed by atoms with Crippen LogP contribution >= 0.6 is 11.6 Å². The highest BCUT2D eigenvalue weighted by atomic mass is 35.5. The Kier molecular flexibility index (Phi) is 6.29. The zero-order valence-corrected chi connectivity index (χ0v) is 13.0. The minimum atomic E-state index is -0.171. The summed E-state index contributed by atoms with van der Waals surface area (Å²) in [5.74, 6) is 0. The van der Waals surface area contributed by atoms with Gasteiger partial charge in [-0.2, -0.15) is 0 Å². The van der Waals surface area contributed by atoms with Gasteiger partial charge in [-0.15, -0.1) is 0 Å². The Morgan fingerprint density at radius 3 is 2.81 bits per heavy atom. The standard InChI is InChI=1S/C15H22ClN3O2/c1-12(13-4-2-3-5-14(13)16)18-15(20)17-6-7-19-8-10-21-11-9-19/h2-5,12H,6-11H2,1H3,(H2,17,18,20). The number of amides is 2. The van der Waals surface area contributed by atoms with E-state index < -0.39 is 0 Å². The Balaban J connectivity index is 1.70. The van der Waals surface area contributed by atoms with Gasteiger partial charge < -0.3 is 15.4 Å². The van der Waals surface area contributed by atoms with Crippen molar-refractivity contribution >= 4 is 17.6 Å². The topological polar surface area (TPSA) is 53.6 Å². The van der Waals surface area contributed by atoms with Crippen LogP contribution in [0.5, 0.6) is 0 Å². The molecule has 1 unspecified atom stereocenters. The first-order chi connectivity index (χ1) is 10.2. The van der Waals surface area contributed by atoms with E-state index in [-0.39, 0.29) is 12.1 Å². The van der Waals surface area contributed by atoms with Crippen LogP contribution in [0.4, 0.5) is 4.79 Å². The fourth-order valence-electron chi connectivity index (χ4n) is 2.30. The number of benzene rings is 1. The molecule has 2 N–H and O–H groups in total. The second-order valence-electron chi connectivity index (χ2n) is 5.10. The second kappa shape index (κ2) is 8.22. The predicted octanol–water partition coefficient (Wildman–Crippen LogP) is 2.03. The highest BCUT2D eigenvalue weighted by molar-refractivity contribution is 6.31. The third kappa shape index (κ3) is 5.19. The minimum Gasteiger partial charge on any atom is -0.379 e. The summed E-state index contributed by atoms with van der Waals surface area (Å²) in [6.45, 7) is 6.80. The summed E-state index contributed by atoms with van der Waals surface area (Å²) in [5, 5.41) is 6.44. The van der Waals surface area contributed by atoms with Gasteiger partial charge in [-0.3, -0.25) is 4.90 Å². The summed E-state index contributed by atoms with van der Waals surface area (Å²) in [6.07, 6.45) is 0. The minimum absolute atomic E-state index is 0.123. The zero-order valence-electron chi connectivity index (χ0n) is 12.3. The molecular weight excluding hydrogens is 290 g/mol. The second-order valence-corrected chi connectivity index (χ2v) is 5.50. The van der Waals surface area contributed by atoms with E-state index in [1.54, 1.807) is 0 Å². The fraction of sp³-hybridized carbons (Fsp3) is 0.533. The Morgan fingerprint density at radius 2 is 2.10 bits per heavy atom. The number of urea groups is 1. The highest BCUT2D eigenvalue weighted by Gasteiger charge is 2.13. The molecule has 1 saturated heterocycles. The summed E-state index contributed by atoms with van der Waals surface area (Å²) >= 11 is 6.12. The number of nitrogens with zero attached hydrogens (tertiary/aromatic N) is 1. The maximum atomic E-state index is 11.9. The quantitative estimate of drug-likeness (QED) is 0.875. The van der Waals surface area contributed by atoms with Gasteiger partial charge in [0.25, 0.3) is 0 Å². The van der Waals surface area contributed by atoms with E-state index in [9.17, 15) is 4.79 Å². The Labute approximate surface area is 130 Å². The van der Waals surface area contributed by atoms with Crippen molar-refractivity contribution in [2.24, 2.45) is 0 Å². The maximum Gasteiger partial charge on any atom is 0.315 e. The molecule has 0 saturated carbocycles. The van der Waals surface area contributed by atoms with Crippen molar-refractivity contribution in [3.05, 3.63) is 34.9 Å². The van der Waals surface area contributed by atoms with Crippen molar-refractivity contribution in [2.45, 2.75) is 13.0 Å². The molecule has 0 bridgehead atoms. The van der Waals surface area contributed by atoms with Gasteiger partial charge in [-0.1, -0.05) is 29.8 Å². The van der Waals surface area contributed by atoms with Crippen LogP contribution in [-0.2, 0) is 4.74 Å². The predicted molar refractivity (Wildman–Crippen MR) is 83.7 cm³/mol. The smallest absolute Gasteiger partial charge is 0.315 e. The van der Waals surface area contributed by atoms with E-state index in [0.29, 0.717) is 11.6 Å². The van der Waals surface area contributed by atoms with E-state index in [4.69, 9.17) is 16.3 Å².